The summed E-state index contributed by atoms with van der Waals surface area (Å²) >= 11 is 5.13. The van der Waals surface area contributed by atoms with Crippen LogP contribution in [0.2, 0.25) is 0 Å². The average molecular weight is 605 g/mol. The van der Waals surface area contributed by atoms with Crippen molar-refractivity contribution in [3.05, 3.63) is 68.4 Å². The molecule has 4 amide bonds. The van der Waals surface area contributed by atoms with E-state index in [1.165, 1.54) is 56.8 Å². The molecule has 0 atom stereocenters. The number of rotatable bonds is 8. The van der Waals surface area contributed by atoms with Gasteiger partial charge in [0.05, 0.1) is 19.6 Å². The first kappa shape index (κ1) is 32.7. The molecule has 2 aromatic rings. The summed E-state index contributed by atoms with van der Waals surface area (Å²) in [5, 5.41) is 1.36. The Hall–Kier alpha value is -2.54. The van der Waals surface area contributed by atoms with Gasteiger partial charge in [-0.2, -0.15) is 0 Å². The molecule has 0 aliphatic carbocycles. The SMILES string of the molecule is C.CC(C)N1C(=O)C(Sc2ccccn2)=C(Sc2ccccn2)C1=O.CSC1=C(SC)C(=O)N(C(C)C)C1=O. The van der Waals surface area contributed by atoms with Crippen LogP contribution < -0.4 is 0 Å². The maximum atomic E-state index is 12.7. The van der Waals surface area contributed by atoms with Crippen LogP contribution in [0.4, 0.5) is 0 Å². The van der Waals surface area contributed by atoms with Crippen LogP contribution in [0.1, 0.15) is 35.1 Å². The first-order valence-electron chi connectivity index (χ1n) is 11.6. The van der Waals surface area contributed by atoms with Crippen LogP contribution in [0, 0.1) is 0 Å². The van der Waals surface area contributed by atoms with Crippen molar-refractivity contribution in [2.24, 2.45) is 0 Å². The summed E-state index contributed by atoms with van der Waals surface area (Å²) in [6.07, 6.45) is 6.97. The van der Waals surface area contributed by atoms with E-state index < -0.39 is 0 Å². The number of pyridine rings is 2. The van der Waals surface area contributed by atoms with Crippen LogP contribution in [0.5, 0.6) is 0 Å². The van der Waals surface area contributed by atoms with Gasteiger partial charge in [0, 0.05) is 24.5 Å². The highest BCUT2D eigenvalue weighted by molar-refractivity contribution is 8.08. The summed E-state index contributed by atoms with van der Waals surface area (Å²) < 4.78 is 0. The van der Waals surface area contributed by atoms with Crippen molar-refractivity contribution >= 4 is 70.7 Å². The molecule has 2 aliphatic rings. The van der Waals surface area contributed by atoms with Crippen LogP contribution in [0.3, 0.4) is 0 Å². The Kier molecular flexibility index (Phi) is 12.3. The lowest BCUT2D eigenvalue weighted by atomic mass is 10.3. The molecule has 0 radical (unpaired) electrons. The summed E-state index contributed by atoms with van der Waals surface area (Å²) in [6, 6.07) is 10.7. The van der Waals surface area contributed by atoms with Gasteiger partial charge in [-0.15, -0.1) is 23.5 Å². The highest BCUT2D eigenvalue weighted by atomic mass is 32.2. The average Bonchev–Trinajstić information content (AvgIpc) is 3.28. The number of amides is 4. The molecule has 208 valence electrons. The summed E-state index contributed by atoms with van der Waals surface area (Å²) in [4.78, 5) is 62.0. The zero-order chi connectivity index (χ0) is 28.0. The number of aromatic nitrogens is 2. The molecule has 0 saturated carbocycles. The van der Waals surface area contributed by atoms with Crippen LogP contribution in [-0.2, 0) is 19.2 Å². The van der Waals surface area contributed by atoms with Crippen LogP contribution in [0.15, 0.2) is 78.5 Å². The van der Waals surface area contributed by atoms with Crippen LogP contribution >= 0.6 is 47.0 Å². The van der Waals surface area contributed by atoms with E-state index in [-0.39, 0.29) is 43.1 Å². The number of nitrogens with zero attached hydrogens (tertiary/aromatic N) is 4. The zero-order valence-corrected chi connectivity index (χ0v) is 25.1. The largest absolute Gasteiger partial charge is 0.271 e. The molecular formula is C27H32N4O4S4. The fourth-order valence-electron chi connectivity index (χ4n) is 3.51. The maximum Gasteiger partial charge on any atom is 0.269 e. The van der Waals surface area contributed by atoms with Crippen molar-refractivity contribution in [1.29, 1.82) is 0 Å². The van der Waals surface area contributed by atoms with Gasteiger partial charge in [-0.3, -0.25) is 29.0 Å². The summed E-state index contributed by atoms with van der Waals surface area (Å²) in [5.41, 5.74) is 0. The topological polar surface area (TPSA) is 101 Å². The Morgan fingerprint density at radius 1 is 0.590 bits per heavy atom. The standard InChI is InChI=1S/C17H15N3O2S2.C9H13NO2S2.CH4/c1-11(2)20-16(21)14(23-12-7-3-5-9-18-12)15(17(20)22)24-13-8-4-6-10-19-13;1-5(2)10-8(11)6(13-3)7(14-4)9(10)12;/h3-11H,1-2H3;5H,1-4H3;1H4. The van der Waals surface area contributed by atoms with E-state index in [1.807, 2.05) is 76.6 Å². The molecule has 0 N–H and O–H groups in total. The van der Waals surface area contributed by atoms with E-state index in [4.69, 9.17) is 0 Å². The van der Waals surface area contributed by atoms with Crippen molar-refractivity contribution < 1.29 is 19.2 Å². The quantitative estimate of drug-likeness (QED) is 0.350. The molecule has 0 bridgehead atoms. The second-order valence-corrected chi connectivity index (χ2v) is 12.1. The molecule has 8 nitrogen and oxygen atoms in total. The number of carbonyl (C=O) groups excluding carboxylic acids is 4. The van der Waals surface area contributed by atoms with E-state index in [9.17, 15) is 19.2 Å². The van der Waals surface area contributed by atoms with Gasteiger partial charge < -0.3 is 0 Å². The van der Waals surface area contributed by atoms with Gasteiger partial charge in [0.1, 0.15) is 10.1 Å². The Balaban J connectivity index is 0.000000306. The summed E-state index contributed by atoms with van der Waals surface area (Å²) in [6.45, 7) is 7.34. The fraction of sp³-hybridized carbons (Fsp3) is 0.333. The second-order valence-electron chi connectivity index (χ2n) is 8.41. The van der Waals surface area contributed by atoms with Crippen molar-refractivity contribution in [2.45, 2.75) is 57.3 Å². The van der Waals surface area contributed by atoms with E-state index in [2.05, 4.69) is 9.97 Å². The van der Waals surface area contributed by atoms with Gasteiger partial charge in [-0.1, -0.05) is 43.1 Å². The Morgan fingerprint density at radius 3 is 1.18 bits per heavy atom. The molecule has 0 spiro atoms. The number of hydrogen-bond acceptors (Lipinski definition) is 10. The number of imide groups is 2. The fourth-order valence-corrected chi connectivity index (χ4v) is 7.02. The smallest absolute Gasteiger partial charge is 0.269 e. The van der Waals surface area contributed by atoms with Crippen molar-refractivity contribution in [1.82, 2.24) is 19.8 Å². The van der Waals surface area contributed by atoms with Gasteiger partial charge in [0.2, 0.25) is 0 Å². The minimum Gasteiger partial charge on any atom is -0.271 e. The predicted molar refractivity (Wildman–Crippen MR) is 162 cm³/mol. The number of carbonyl (C=O) groups is 4. The molecule has 0 unspecified atom stereocenters. The molecule has 0 fully saturated rings. The molecule has 12 heteroatoms. The molecule has 2 aromatic heterocycles. The Bertz CT molecular complexity index is 1190. The summed E-state index contributed by atoms with van der Waals surface area (Å²) in [5.74, 6) is -0.850. The minimum absolute atomic E-state index is 0. The molecule has 2 aliphatic heterocycles. The van der Waals surface area contributed by atoms with Crippen molar-refractivity contribution in [3.8, 4) is 0 Å². The summed E-state index contributed by atoms with van der Waals surface area (Å²) in [7, 11) is 0. The third kappa shape index (κ3) is 7.36. The van der Waals surface area contributed by atoms with Crippen LogP contribution in [-0.4, -0.2) is 68.0 Å². The van der Waals surface area contributed by atoms with Crippen molar-refractivity contribution in [2.75, 3.05) is 12.5 Å². The van der Waals surface area contributed by atoms with Gasteiger partial charge in [0.15, 0.2) is 0 Å². The number of hydrogen-bond donors (Lipinski definition) is 0. The lowest BCUT2D eigenvalue weighted by Crippen LogP contribution is -2.37. The van der Waals surface area contributed by atoms with E-state index in [1.54, 1.807) is 12.4 Å². The Labute approximate surface area is 246 Å². The normalized spacial score (nSPS) is 15.5. The van der Waals surface area contributed by atoms with Gasteiger partial charge in [0.25, 0.3) is 23.6 Å². The molecule has 0 saturated heterocycles. The lowest BCUT2D eigenvalue weighted by molar-refractivity contribution is -0.140. The van der Waals surface area contributed by atoms with Gasteiger partial charge >= 0.3 is 0 Å². The third-order valence-electron chi connectivity index (χ3n) is 5.19. The van der Waals surface area contributed by atoms with Crippen molar-refractivity contribution in [3.63, 3.8) is 0 Å². The highest BCUT2D eigenvalue weighted by Gasteiger charge is 2.41. The zero-order valence-electron chi connectivity index (χ0n) is 21.8. The van der Waals surface area contributed by atoms with Crippen LogP contribution in [0.25, 0.3) is 0 Å². The maximum absolute atomic E-state index is 12.7. The van der Waals surface area contributed by atoms with E-state index >= 15 is 0 Å². The molecule has 4 heterocycles. The Morgan fingerprint density at radius 2 is 0.923 bits per heavy atom. The first-order valence-corrected chi connectivity index (χ1v) is 15.7. The van der Waals surface area contributed by atoms with E-state index in [0.29, 0.717) is 29.7 Å². The lowest BCUT2D eigenvalue weighted by Gasteiger charge is -2.18. The highest BCUT2D eigenvalue weighted by Crippen LogP contribution is 2.42. The van der Waals surface area contributed by atoms with E-state index in [0.717, 1.165) is 0 Å². The molecule has 0 aromatic carbocycles. The monoisotopic (exact) mass is 604 g/mol. The van der Waals surface area contributed by atoms with Gasteiger partial charge in [-0.25, -0.2) is 9.97 Å². The van der Waals surface area contributed by atoms with Gasteiger partial charge in [-0.05, 0) is 64.5 Å². The minimum atomic E-state index is -0.274. The molecule has 4 rings (SSSR count). The number of thioether (sulfide) groups is 4. The molecular weight excluding hydrogens is 573 g/mol. The first-order chi connectivity index (χ1) is 18.1. The predicted octanol–water partition coefficient (Wildman–Crippen LogP) is 5.69. The second kappa shape index (κ2) is 14.7. The third-order valence-corrected chi connectivity index (χ3v) is 9.09. The molecule has 39 heavy (non-hydrogen) atoms.